The minimum atomic E-state index is -0.609. The third-order valence-electron chi connectivity index (χ3n) is 5.39. The number of nitrogens with zero attached hydrogens (tertiary/aromatic N) is 2. The second-order valence-electron chi connectivity index (χ2n) is 7.82. The van der Waals surface area contributed by atoms with Gasteiger partial charge in [0.15, 0.2) is 0 Å². The van der Waals surface area contributed by atoms with Crippen molar-refractivity contribution in [3.8, 4) is 6.07 Å². The van der Waals surface area contributed by atoms with Gasteiger partial charge in [0.2, 0.25) is 0 Å². The lowest BCUT2D eigenvalue weighted by Gasteiger charge is -2.40. The highest BCUT2D eigenvalue weighted by atomic mass is 32.2. The van der Waals surface area contributed by atoms with Crippen molar-refractivity contribution < 1.29 is 8.78 Å². The summed E-state index contributed by atoms with van der Waals surface area (Å²) in [6.07, 6.45) is 5.50. The molecule has 1 aliphatic heterocycles. The van der Waals surface area contributed by atoms with Crippen molar-refractivity contribution in [2.75, 3.05) is 31.1 Å². The highest BCUT2D eigenvalue weighted by molar-refractivity contribution is 7.99. The number of unbranched alkanes of at least 4 members (excludes halogenated alkanes) is 1. The lowest BCUT2D eigenvalue weighted by Crippen LogP contribution is -2.48. The highest BCUT2D eigenvalue weighted by Gasteiger charge is 2.51. The summed E-state index contributed by atoms with van der Waals surface area (Å²) in [5, 5.41) is 13.7. The third-order valence-corrected chi connectivity index (χ3v) is 6.99. The number of likely N-dealkylation sites (tertiary alicyclic amines) is 1. The lowest BCUT2D eigenvalue weighted by atomic mass is 9.97. The standard InChI is InChI=1S/C15H20FNS.C7H6FN3S/c16-13-3-5-14(6-4-13)18-10-2-1-9-17-11-15(12-17)7-8-15;8-6-2-5(12-11)1-4(3-9)7(6)10/h3-6H,1-2,7-12H2;1-2H,10-11H2. The molecule has 8 heteroatoms. The first kappa shape index (κ1) is 22.9. The Bertz CT molecular complexity index is 887. The average Bonchev–Trinajstić information content (AvgIpc) is 3.52. The SMILES string of the molecule is Fc1ccc(SCCCCN2CC3(CC3)C2)cc1.N#Cc1cc(SN)cc(F)c1N. The molecule has 4 rings (SSSR count). The summed E-state index contributed by atoms with van der Waals surface area (Å²) < 4.78 is 25.6. The Hall–Kier alpha value is -1.79. The van der Waals surface area contributed by atoms with E-state index >= 15 is 0 Å². The van der Waals surface area contributed by atoms with Crippen molar-refractivity contribution in [2.24, 2.45) is 10.6 Å². The maximum absolute atomic E-state index is 12.9. The molecule has 160 valence electrons. The largest absolute Gasteiger partial charge is 0.395 e. The maximum Gasteiger partial charge on any atom is 0.148 e. The molecule has 1 saturated carbocycles. The van der Waals surface area contributed by atoms with E-state index in [4.69, 9.17) is 16.1 Å². The molecule has 2 aromatic carbocycles. The number of hydrogen-bond acceptors (Lipinski definition) is 6. The summed E-state index contributed by atoms with van der Waals surface area (Å²) in [5.41, 5.74) is 6.05. The average molecular weight is 449 g/mol. The molecule has 0 aromatic heterocycles. The normalized spacial score (nSPS) is 16.3. The predicted molar refractivity (Wildman–Crippen MR) is 120 cm³/mol. The van der Waals surface area contributed by atoms with Crippen LogP contribution >= 0.6 is 23.7 Å². The van der Waals surface area contributed by atoms with Gasteiger partial charge in [-0.3, -0.25) is 5.14 Å². The first-order valence-electron chi connectivity index (χ1n) is 9.91. The Morgan fingerprint density at radius 1 is 1.07 bits per heavy atom. The van der Waals surface area contributed by atoms with E-state index in [0.29, 0.717) is 4.90 Å². The smallest absolute Gasteiger partial charge is 0.148 e. The van der Waals surface area contributed by atoms with Crippen LogP contribution in [0.5, 0.6) is 0 Å². The van der Waals surface area contributed by atoms with E-state index in [2.05, 4.69) is 4.90 Å². The van der Waals surface area contributed by atoms with Gasteiger partial charge in [0.25, 0.3) is 0 Å². The number of benzene rings is 2. The van der Waals surface area contributed by atoms with Crippen LogP contribution in [0.25, 0.3) is 0 Å². The third kappa shape index (κ3) is 6.35. The van der Waals surface area contributed by atoms with Crippen LogP contribution in [-0.2, 0) is 0 Å². The second kappa shape index (κ2) is 10.5. The fraction of sp³-hybridized carbons (Fsp3) is 0.409. The summed E-state index contributed by atoms with van der Waals surface area (Å²) in [4.78, 5) is 4.26. The number of nitrogen functional groups attached to an aromatic ring is 1. The van der Waals surface area contributed by atoms with Crippen LogP contribution < -0.4 is 10.9 Å². The molecule has 30 heavy (non-hydrogen) atoms. The predicted octanol–water partition coefficient (Wildman–Crippen LogP) is 5.04. The van der Waals surface area contributed by atoms with Gasteiger partial charge in [0.05, 0.1) is 11.3 Å². The summed E-state index contributed by atoms with van der Waals surface area (Å²) >= 11 is 2.71. The number of thioether (sulfide) groups is 1. The number of halogens is 2. The van der Waals surface area contributed by atoms with Crippen LogP contribution in [0, 0.1) is 28.4 Å². The molecule has 4 N–H and O–H groups in total. The van der Waals surface area contributed by atoms with Crippen LogP contribution in [0.1, 0.15) is 31.2 Å². The number of nitrogens with two attached hydrogens (primary N) is 2. The zero-order chi connectivity index (χ0) is 21.6. The van der Waals surface area contributed by atoms with Gasteiger partial charge in [-0.1, -0.05) is 0 Å². The van der Waals surface area contributed by atoms with E-state index in [1.165, 1.54) is 74.5 Å². The zero-order valence-corrected chi connectivity index (χ0v) is 18.4. The van der Waals surface area contributed by atoms with E-state index in [1.807, 2.05) is 23.9 Å². The summed E-state index contributed by atoms with van der Waals surface area (Å²) in [7, 11) is 0. The maximum atomic E-state index is 12.9. The minimum Gasteiger partial charge on any atom is -0.395 e. The molecular formula is C22H26F2N4S2. The van der Waals surface area contributed by atoms with E-state index in [9.17, 15) is 8.78 Å². The number of hydrogen-bond donors (Lipinski definition) is 2. The van der Waals surface area contributed by atoms with E-state index in [1.54, 1.807) is 6.07 Å². The lowest BCUT2D eigenvalue weighted by molar-refractivity contribution is 0.0806. The molecule has 1 heterocycles. The molecule has 0 radical (unpaired) electrons. The minimum absolute atomic E-state index is 0.114. The number of rotatable bonds is 7. The van der Waals surface area contributed by atoms with Gasteiger partial charge in [-0.25, -0.2) is 8.78 Å². The van der Waals surface area contributed by atoms with Gasteiger partial charge in [-0.15, -0.1) is 11.8 Å². The van der Waals surface area contributed by atoms with Gasteiger partial charge in [-0.2, -0.15) is 5.26 Å². The monoisotopic (exact) mass is 448 g/mol. The Balaban J connectivity index is 0.000000187. The van der Waals surface area contributed by atoms with Crippen LogP contribution in [-0.4, -0.2) is 30.3 Å². The molecule has 1 saturated heterocycles. The van der Waals surface area contributed by atoms with Gasteiger partial charge in [0.1, 0.15) is 17.7 Å². The molecule has 2 aliphatic rings. The molecular weight excluding hydrogens is 422 g/mol. The van der Waals surface area contributed by atoms with Crippen LogP contribution in [0.15, 0.2) is 46.2 Å². The molecule has 4 nitrogen and oxygen atoms in total. The molecule has 0 amide bonds. The van der Waals surface area contributed by atoms with Gasteiger partial charge < -0.3 is 10.6 Å². The number of anilines is 1. The Morgan fingerprint density at radius 3 is 2.37 bits per heavy atom. The molecule has 0 unspecified atom stereocenters. The molecule has 1 aliphatic carbocycles. The summed E-state index contributed by atoms with van der Waals surface area (Å²) in [6, 6.07) is 11.2. The first-order valence-corrected chi connectivity index (χ1v) is 11.8. The van der Waals surface area contributed by atoms with Gasteiger partial charge >= 0.3 is 0 Å². The quantitative estimate of drug-likeness (QED) is 0.267. The molecule has 0 atom stereocenters. The second-order valence-corrected chi connectivity index (χ2v) is 9.69. The molecule has 1 spiro atoms. The zero-order valence-electron chi connectivity index (χ0n) is 16.7. The van der Waals surface area contributed by atoms with Crippen LogP contribution in [0.2, 0.25) is 0 Å². The topological polar surface area (TPSA) is 79.1 Å². The van der Waals surface area contributed by atoms with Crippen molar-refractivity contribution >= 4 is 29.4 Å². The first-order chi connectivity index (χ1) is 14.4. The van der Waals surface area contributed by atoms with Crippen LogP contribution in [0.3, 0.4) is 0 Å². The van der Waals surface area contributed by atoms with E-state index in [0.717, 1.165) is 23.1 Å². The highest BCUT2D eigenvalue weighted by Crippen LogP contribution is 2.52. The van der Waals surface area contributed by atoms with Gasteiger partial charge in [-0.05, 0) is 91.7 Å². The van der Waals surface area contributed by atoms with Crippen molar-refractivity contribution in [3.63, 3.8) is 0 Å². The summed E-state index contributed by atoms with van der Waals surface area (Å²) in [6.45, 7) is 3.99. The van der Waals surface area contributed by atoms with Gasteiger partial charge in [0, 0.05) is 22.9 Å². The Labute approximate surface area is 185 Å². The van der Waals surface area contributed by atoms with Crippen molar-refractivity contribution in [2.45, 2.75) is 35.5 Å². The fourth-order valence-electron chi connectivity index (χ4n) is 3.47. The number of nitriles is 1. The Morgan fingerprint density at radius 2 is 1.77 bits per heavy atom. The summed E-state index contributed by atoms with van der Waals surface area (Å²) in [5.74, 6) is 0.387. The van der Waals surface area contributed by atoms with E-state index < -0.39 is 5.82 Å². The molecule has 2 fully saturated rings. The Kier molecular flexibility index (Phi) is 8.00. The van der Waals surface area contributed by atoms with E-state index in [-0.39, 0.29) is 17.1 Å². The van der Waals surface area contributed by atoms with Crippen molar-refractivity contribution in [3.05, 3.63) is 53.6 Å². The fourth-order valence-corrected chi connectivity index (χ4v) is 4.74. The van der Waals surface area contributed by atoms with Crippen LogP contribution in [0.4, 0.5) is 14.5 Å². The van der Waals surface area contributed by atoms with Crippen molar-refractivity contribution in [1.29, 1.82) is 5.26 Å². The molecule has 2 aromatic rings. The van der Waals surface area contributed by atoms with Crippen molar-refractivity contribution in [1.82, 2.24) is 4.90 Å². The molecule has 0 bridgehead atoms.